The summed E-state index contributed by atoms with van der Waals surface area (Å²) < 4.78 is 9.71. The number of carboxylic acid groups (broad SMARTS) is 1. The Morgan fingerprint density at radius 2 is 0.825 bits per heavy atom. The average molecular weight is 1410 g/mol. The van der Waals surface area contributed by atoms with Crippen molar-refractivity contribution in [3.05, 3.63) is 236 Å². The normalized spacial score (nSPS) is 11.7. The van der Waals surface area contributed by atoms with Crippen molar-refractivity contribution in [2.75, 3.05) is 7.11 Å². The number of esters is 1. The van der Waals surface area contributed by atoms with Gasteiger partial charge in [0, 0.05) is 41.4 Å². The highest BCUT2D eigenvalue weighted by molar-refractivity contribution is 7.15. The molecule has 7 N–H and O–H groups in total. The zero-order chi connectivity index (χ0) is 75.7. The van der Waals surface area contributed by atoms with Gasteiger partial charge in [-0.2, -0.15) is 40.2 Å². The van der Waals surface area contributed by atoms with Crippen LogP contribution in [0.25, 0.3) is 33.8 Å². The van der Waals surface area contributed by atoms with Crippen molar-refractivity contribution in [1.82, 2.24) is 45.6 Å². The van der Waals surface area contributed by atoms with E-state index in [2.05, 4.69) is 126 Å². The molecular weight excluding hydrogens is 1330 g/mol. The number of hydrogen-bond donors (Lipinski definition) is 7. The highest BCUT2D eigenvalue weighted by atomic mass is 32.1. The lowest BCUT2D eigenvalue weighted by molar-refractivity contribution is -0.191. The molecule has 0 saturated heterocycles. The molecule has 0 atom stereocenters. The third-order valence-electron chi connectivity index (χ3n) is 16.1. The van der Waals surface area contributed by atoms with Crippen LogP contribution in [0.2, 0.25) is 0 Å². The number of methoxy groups -OCH3 is 1. The van der Waals surface area contributed by atoms with E-state index < -0.39 is 23.8 Å². The number of hydrazone groups is 3. The van der Waals surface area contributed by atoms with E-state index in [1.165, 1.54) is 60.2 Å². The molecule has 0 aliphatic carbocycles. The Labute approximate surface area is 601 Å². The van der Waals surface area contributed by atoms with Crippen molar-refractivity contribution in [3.63, 3.8) is 0 Å². The fraction of sp³-hybridized carbons (Fsp3) is 0.256. The Balaban J connectivity index is 0.000000212. The summed E-state index contributed by atoms with van der Waals surface area (Å²) in [5, 5.41) is 67.9. The molecule has 0 bridgehead atoms. The second-order valence-corrected chi connectivity index (χ2v) is 27.7. The number of nitrogens with zero attached hydrogens (tertiary/aromatic N) is 9. The van der Waals surface area contributed by atoms with Crippen LogP contribution < -0.4 is 16.3 Å². The van der Waals surface area contributed by atoms with Crippen LogP contribution in [-0.4, -0.2) is 110 Å². The highest BCUT2D eigenvalue weighted by Crippen LogP contribution is 2.38. The van der Waals surface area contributed by atoms with Gasteiger partial charge in [0.1, 0.15) is 22.0 Å². The van der Waals surface area contributed by atoms with Gasteiger partial charge in [0.15, 0.2) is 34.3 Å². The highest BCUT2D eigenvalue weighted by Gasteiger charge is 2.26. The minimum atomic E-state index is -1.07. The molecule has 0 fully saturated rings. The van der Waals surface area contributed by atoms with E-state index >= 15 is 0 Å². The van der Waals surface area contributed by atoms with Gasteiger partial charge < -0.3 is 25.2 Å². The van der Waals surface area contributed by atoms with Gasteiger partial charge in [0.2, 0.25) is 0 Å². The summed E-state index contributed by atoms with van der Waals surface area (Å²) in [7, 11) is 3.02. The Bertz CT molecular complexity index is 4770. The van der Waals surface area contributed by atoms with Gasteiger partial charge in [-0.1, -0.05) is 184 Å². The Hall–Kier alpha value is -12.2. The maximum atomic E-state index is 12.4. The van der Waals surface area contributed by atoms with Crippen molar-refractivity contribution in [2.45, 2.75) is 119 Å². The quantitative estimate of drug-likeness (QED) is 0.0253. The van der Waals surface area contributed by atoms with Gasteiger partial charge in [-0.15, -0.1) is 11.3 Å². The van der Waals surface area contributed by atoms with E-state index in [0.717, 1.165) is 33.6 Å². The third kappa shape index (κ3) is 20.0. The summed E-state index contributed by atoms with van der Waals surface area (Å²) >= 11 is 1.01. The van der Waals surface area contributed by atoms with E-state index in [1.54, 1.807) is 66.1 Å². The summed E-state index contributed by atoms with van der Waals surface area (Å²) in [5.74, 6) is -2.88. The first-order valence-electron chi connectivity index (χ1n) is 32.5. The Morgan fingerprint density at radius 3 is 1.23 bits per heavy atom. The van der Waals surface area contributed by atoms with Crippen LogP contribution in [0.4, 0.5) is 0 Å². The molecule has 25 heteroatoms. The first-order chi connectivity index (χ1) is 48.7. The van der Waals surface area contributed by atoms with Crippen molar-refractivity contribution in [1.29, 1.82) is 0 Å². The minimum Gasteiger partial charge on any atom is -0.504 e. The number of carbonyl (C=O) groups excluding carboxylic acids is 6. The van der Waals surface area contributed by atoms with Crippen LogP contribution in [0.3, 0.4) is 0 Å². The number of nitrogens with one attached hydrogen (secondary N) is 3. The molecule has 0 aliphatic heterocycles. The zero-order valence-corrected chi connectivity index (χ0v) is 60.9. The first kappa shape index (κ1) is 78.1. The number of rotatable bonds is 17. The molecule has 103 heavy (non-hydrogen) atoms. The number of hydrogen-bond acceptors (Lipinski definition) is 18. The maximum absolute atomic E-state index is 12.4. The molecule has 0 aliphatic rings. The first-order valence-corrected chi connectivity index (χ1v) is 33.4. The summed E-state index contributed by atoms with van der Waals surface area (Å²) in [6.07, 6.45) is 0.250. The molecule has 0 spiro atoms. The second-order valence-electron chi connectivity index (χ2n) is 26.6. The molecule has 10 rings (SSSR count). The van der Waals surface area contributed by atoms with Gasteiger partial charge >= 0.3 is 18.1 Å². The van der Waals surface area contributed by atoms with Crippen molar-refractivity contribution < 1.29 is 58.7 Å². The van der Waals surface area contributed by atoms with Crippen LogP contribution in [-0.2, 0) is 50.7 Å². The van der Waals surface area contributed by atoms with Gasteiger partial charge in [-0.3, -0.25) is 28.4 Å². The SMILES string of the molecule is C/C(=N\NC(=O)c1ccccc1)c1nn(Cc2ccccc2)c(-c2ccc(C(C)(C)C)cc2)c1O.CCn1nc(/C(C)=N/NC(=O)c2ccc(C(=O)O)cc2)c(O)c1-c1ccc(C(C)(C)C)cc1.COC(=O)c1ccc(C(=O)N/N=C(\C)c2nn(C)c(-c3ccc(C(C)(C)C)cc3)c2O)s1.O=C=O. The molecule has 6 aromatic carbocycles. The summed E-state index contributed by atoms with van der Waals surface area (Å²) in [6.45, 7) is 27.3. The number of aryl methyl sites for hydroxylation is 2. The molecular formula is C78H84N12O12S. The maximum Gasteiger partial charge on any atom is 0.373 e. The van der Waals surface area contributed by atoms with E-state index in [0.29, 0.717) is 68.3 Å². The number of amides is 3. The van der Waals surface area contributed by atoms with E-state index in [4.69, 9.17) is 14.7 Å². The van der Waals surface area contributed by atoms with Crippen LogP contribution in [0.15, 0.2) is 185 Å². The van der Waals surface area contributed by atoms with E-state index in [9.17, 15) is 39.3 Å². The molecule has 0 radical (unpaired) electrons. The number of carbonyl (C=O) groups is 5. The molecule has 4 aromatic heterocycles. The molecule has 3 amide bonds. The van der Waals surface area contributed by atoms with Gasteiger partial charge in [-0.25, -0.2) is 25.9 Å². The van der Waals surface area contributed by atoms with Gasteiger partial charge in [0.25, 0.3) is 17.7 Å². The van der Waals surface area contributed by atoms with E-state index in [1.807, 2.05) is 104 Å². The topological polar surface area (TPSA) is 336 Å². The van der Waals surface area contributed by atoms with Crippen LogP contribution in [0.5, 0.6) is 17.2 Å². The summed E-state index contributed by atoms with van der Waals surface area (Å²) in [5.41, 5.74) is 19.2. The number of thiophene rings is 1. The predicted molar refractivity (Wildman–Crippen MR) is 396 cm³/mol. The number of benzene rings is 6. The molecule has 0 saturated carbocycles. The fourth-order valence-corrected chi connectivity index (χ4v) is 11.1. The fourth-order valence-electron chi connectivity index (χ4n) is 10.3. The summed E-state index contributed by atoms with van der Waals surface area (Å²) in [6, 6.07) is 51.5. The molecule has 10 aromatic rings. The third-order valence-corrected chi connectivity index (χ3v) is 17.1. The molecule has 24 nitrogen and oxygen atoms in total. The standard InChI is InChI=1S/C29H30N4O2.C25H28N4O4.C23H26N4O4S.CO2/c1-20(30-31-28(35)23-13-9-6-10-14-23)25-27(34)26(22-15-17-24(18-16-22)29(2,3)4)33(32-25)19-21-11-7-5-8-12-21;1-6-29-21(16-11-13-19(14-12-16)25(3,4)5)22(30)20(28-29)15(2)26-27-23(31)17-7-9-18(10-8-17)24(32)33;1-13(24-25-21(29)16-11-12-17(32-16)22(30)31-6)18-20(28)19(27(5)26-18)14-7-9-15(10-8-14)23(2,3)4;2-1-3/h5-18,34H,19H2,1-4H3,(H,31,35);7-14,30H,6H2,1-5H3,(H,27,31)(H,32,33);7-12,28H,1-6H3,(H,25,29);/b30-20+;26-15+;24-13+;. The second kappa shape index (κ2) is 34.2. The van der Waals surface area contributed by atoms with Crippen LogP contribution in [0.1, 0.15) is 180 Å². The number of aromatic hydroxyl groups is 3. The smallest absolute Gasteiger partial charge is 0.373 e. The zero-order valence-electron chi connectivity index (χ0n) is 60.1. The number of carboxylic acids is 1. The number of aromatic nitrogens is 6. The van der Waals surface area contributed by atoms with Gasteiger partial charge in [0.05, 0.1) is 41.2 Å². The molecule has 534 valence electrons. The average Bonchev–Trinajstić information content (AvgIpc) is 1.67. The molecule has 0 unspecified atom stereocenters. The Kier molecular flexibility index (Phi) is 26.0. The summed E-state index contributed by atoms with van der Waals surface area (Å²) in [4.78, 5) is 76.5. The minimum absolute atomic E-state index is 0.0123. The van der Waals surface area contributed by atoms with Crippen LogP contribution in [0, 0.1) is 0 Å². The molecule has 4 heterocycles. The lowest BCUT2D eigenvalue weighted by atomic mass is 9.86. The lowest BCUT2D eigenvalue weighted by Gasteiger charge is -2.19. The lowest BCUT2D eigenvalue weighted by Crippen LogP contribution is -2.19. The monoisotopic (exact) mass is 1410 g/mol. The number of aromatic carboxylic acids is 1. The predicted octanol–water partition coefficient (Wildman–Crippen LogP) is 13.7. The van der Waals surface area contributed by atoms with Crippen molar-refractivity contribution in [3.8, 4) is 51.0 Å². The van der Waals surface area contributed by atoms with Crippen molar-refractivity contribution >= 4 is 64.3 Å². The van der Waals surface area contributed by atoms with Crippen molar-refractivity contribution in [2.24, 2.45) is 22.4 Å². The van der Waals surface area contributed by atoms with E-state index in [-0.39, 0.29) is 68.1 Å². The largest absolute Gasteiger partial charge is 0.504 e. The number of ether oxygens (including phenoxy) is 1. The Morgan fingerprint density at radius 1 is 0.476 bits per heavy atom. The van der Waals surface area contributed by atoms with Gasteiger partial charge in [-0.05, 0) is 115 Å². The van der Waals surface area contributed by atoms with Crippen LogP contribution >= 0.6 is 11.3 Å².